The van der Waals surface area contributed by atoms with Crippen LogP contribution in [0.2, 0.25) is 0 Å². The third-order valence-corrected chi connectivity index (χ3v) is 5.16. The smallest absolute Gasteiger partial charge is 0.240 e. The molecule has 0 radical (unpaired) electrons. The van der Waals surface area contributed by atoms with E-state index in [1.54, 1.807) is 18.2 Å². The van der Waals surface area contributed by atoms with E-state index in [9.17, 15) is 8.42 Å². The van der Waals surface area contributed by atoms with Crippen LogP contribution in [0.5, 0.6) is 0 Å². The van der Waals surface area contributed by atoms with Gasteiger partial charge < -0.3 is 5.73 Å². The lowest BCUT2D eigenvalue weighted by Crippen LogP contribution is -2.30. The van der Waals surface area contributed by atoms with Crippen LogP contribution in [-0.4, -0.2) is 15.0 Å². The van der Waals surface area contributed by atoms with Gasteiger partial charge >= 0.3 is 0 Å². The van der Waals surface area contributed by atoms with Crippen LogP contribution >= 0.6 is 0 Å². The number of sulfonamides is 1. The zero-order chi connectivity index (χ0) is 13.2. The van der Waals surface area contributed by atoms with Gasteiger partial charge in [-0.2, -0.15) is 0 Å². The summed E-state index contributed by atoms with van der Waals surface area (Å²) in [6, 6.07) is 6.39. The van der Waals surface area contributed by atoms with Gasteiger partial charge in [-0.25, -0.2) is 13.1 Å². The lowest BCUT2D eigenvalue weighted by Gasteiger charge is -2.16. The molecule has 100 valence electrons. The van der Waals surface area contributed by atoms with Crippen molar-refractivity contribution in [1.82, 2.24) is 4.72 Å². The van der Waals surface area contributed by atoms with Crippen molar-refractivity contribution in [2.24, 2.45) is 11.8 Å². The monoisotopic (exact) mass is 268 g/mol. The first-order chi connectivity index (χ1) is 8.49. The fourth-order valence-electron chi connectivity index (χ4n) is 2.51. The topological polar surface area (TPSA) is 72.2 Å². The molecule has 2 unspecified atom stereocenters. The standard InChI is InChI=1S/C13H20N2O2S/c1-10-4-2-5-11(10)9-15-18(16,17)13-7-3-6-12(14)8-13/h3,6-8,10-11,15H,2,4-5,9,14H2,1H3. The first-order valence-electron chi connectivity index (χ1n) is 6.34. The molecular formula is C13H20N2O2S. The van der Waals surface area contributed by atoms with Crippen LogP contribution < -0.4 is 10.5 Å². The summed E-state index contributed by atoms with van der Waals surface area (Å²) in [5.74, 6) is 1.06. The molecule has 0 spiro atoms. The van der Waals surface area contributed by atoms with E-state index < -0.39 is 10.0 Å². The Bertz CT molecular complexity index is 513. The van der Waals surface area contributed by atoms with E-state index in [1.165, 1.54) is 18.9 Å². The number of benzene rings is 1. The van der Waals surface area contributed by atoms with Gasteiger partial charge in [-0.1, -0.05) is 25.8 Å². The number of hydrogen-bond acceptors (Lipinski definition) is 3. The molecule has 5 heteroatoms. The van der Waals surface area contributed by atoms with Gasteiger partial charge in [0.15, 0.2) is 0 Å². The fourth-order valence-corrected chi connectivity index (χ4v) is 3.66. The molecule has 1 fully saturated rings. The summed E-state index contributed by atoms with van der Waals surface area (Å²) in [5.41, 5.74) is 6.07. The predicted octanol–water partition coefficient (Wildman–Crippen LogP) is 1.98. The van der Waals surface area contributed by atoms with Crippen LogP contribution in [0.3, 0.4) is 0 Å². The van der Waals surface area contributed by atoms with Crippen LogP contribution in [0.15, 0.2) is 29.2 Å². The highest BCUT2D eigenvalue weighted by Crippen LogP contribution is 2.30. The largest absolute Gasteiger partial charge is 0.399 e. The van der Waals surface area contributed by atoms with Crippen LogP contribution in [0.1, 0.15) is 26.2 Å². The van der Waals surface area contributed by atoms with Crippen molar-refractivity contribution in [3.8, 4) is 0 Å². The summed E-state index contributed by atoms with van der Waals surface area (Å²) in [6.07, 6.45) is 3.51. The molecule has 0 saturated heterocycles. The second kappa shape index (κ2) is 5.28. The molecule has 1 aromatic rings. The number of nitrogens with one attached hydrogen (secondary N) is 1. The molecule has 0 amide bonds. The van der Waals surface area contributed by atoms with Crippen LogP contribution in [0, 0.1) is 11.8 Å². The van der Waals surface area contributed by atoms with Crippen LogP contribution in [0.4, 0.5) is 5.69 Å². The second-order valence-electron chi connectivity index (χ2n) is 5.09. The Hall–Kier alpha value is -1.07. The molecular weight excluding hydrogens is 248 g/mol. The zero-order valence-electron chi connectivity index (χ0n) is 10.6. The summed E-state index contributed by atoms with van der Waals surface area (Å²) in [4.78, 5) is 0.244. The Kier molecular flexibility index (Phi) is 3.92. The fraction of sp³-hybridized carbons (Fsp3) is 0.538. The minimum atomic E-state index is -3.42. The molecule has 0 bridgehead atoms. The van der Waals surface area contributed by atoms with Gasteiger partial charge in [-0.3, -0.25) is 0 Å². The summed E-state index contributed by atoms with van der Waals surface area (Å²) in [6.45, 7) is 2.71. The van der Waals surface area contributed by atoms with Crippen molar-refractivity contribution in [3.05, 3.63) is 24.3 Å². The third kappa shape index (κ3) is 3.03. The van der Waals surface area contributed by atoms with Crippen molar-refractivity contribution in [2.45, 2.75) is 31.1 Å². The normalized spacial score (nSPS) is 24.3. The molecule has 1 aliphatic carbocycles. The van der Waals surface area contributed by atoms with Crippen molar-refractivity contribution in [3.63, 3.8) is 0 Å². The highest BCUT2D eigenvalue weighted by molar-refractivity contribution is 7.89. The van der Waals surface area contributed by atoms with Crippen LogP contribution in [-0.2, 0) is 10.0 Å². The maximum atomic E-state index is 12.1. The Labute approximate surface area is 109 Å². The lowest BCUT2D eigenvalue weighted by molar-refractivity contribution is 0.414. The first kappa shape index (κ1) is 13.4. The molecule has 1 saturated carbocycles. The van der Waals surface area contributed by atoms with E-state index in [4.69, 9.17) is 5.73 Å². The van der Waals surface area contributed by atoms with E-state index in [-0.39, 0.29) is 4.90 Å². The summed E-state index contributed by atoms with van der Waals surface area (Å²) < 4.78 is 26.9. The summed E-state index contributed by atoms with van der Waals surface area (Å²) in [7, 11) is -3.42. The Morgan fingerprint density at radius 1 is 1.39 bits per heavy atom. The van der Waals surface area contributed by atoms with E-state index in [2.05, 4.69) is 11.6 Å². The molecule has 1 aliphatic rings. The minimum absolute atomic E-state index is 0.244. The van der Waals surface area contributed by atoms with Crippen molar-refractivity contribution in [2.75, 3.05) is 12.3 Å². The molecule has 2 atom stereocenters. The zero-order valence-corrected chi connectivity index (χ0v) is 11.4. The highest BCUT2D eigenvalue weighted by Gasteiger charge is 2.25. The second-order valence-corrected chi connectivity index (χ2v) is 6.86. The van der Waals surface area contributed by atoms with Gasteiger partial charge in [-0.15, -0.1) is 0 Å². The summed E-state index contributed by atoms with van der Waals surface area (Å²) >= 11 is 0. The van der Waals surface area contributed by atoms with E-state index in [0.717, 1.165) is 6.42 Å². The summed E-state index contributed by atoms with van der Waals surface area (Å²) in [5, 5.41) is 0. The molecule has 18 heavy (non-hydrogen) atoms. The number of hydrogen-bond donors (Lipinski definition) is 2. The molecule has 0 aliphatic heterocycles. The van der Waals surface area contributed by atoms with Gasteiger partial charge in [0.25, 0.3) is 0 Å². The average Bonchev–Trinajstić information content (AvgIpc) is 2.72. The van der Waals surface area contributed by atoms with Gasteiger partial charge in [0.05, 0.1) is 4.90 Å². The molecule has 1 aromatic carbocycles. The minimum Gasteiger partial charge on any atom is -0.399 e. The molecule has 3 N–H and O–H groups in total. The van der Waals surface area contributed by atoms with Crippen molar-refractivity contribution < 1.29 is 8.42 Å². The maximum Gasteiger partial charge on any atom is 0.240 e. The van der Waals surface area contributed by atoms with Gasteiger partial charge in [-0.05, 0) is 36.5 Å². The predicted molar refractivity (Wildman–Crippen MR) is 72.5 cm³/mol. The number of rotatable bonds is 4. The Morgan fingerprint density at radius 2 is 2.17 bits per heavy atom. The van der Waals surface area contributed by atoms with Crippen molar-refractivity contribution >= 4 is 15.7 Å². The molecule has 0 aromatic heterocycles. The quantitative estimate of drug-likeness (QED) is 0.820. The highest BCUT2D eigenvalue weighted by atomic mass is 32.2. The Morgan fingerprint density at radius 3 is 2.78 bits per heavy atom. The van der Waals surface area contributed by atoms with Crippen molar-refractivity contribution in [1.29, 1.82) is 0 Å². The average molecular weight is 268 g/mol. The lowest BCUT2D eigenvalue weighted by atomic mass is 9.99. The van der Waals surface area contributed by atoms with E-state index in [1.807, 2.05) is 0 Å². The molecule has 0 heterocycles. The van der Waals surface area contributed by atoms with Gasteiger partial charge in [0.1, 0.15) is 0 Å². The third-order valence-electron chi connectivity index (χ3n) is 3.74. The Balaban J connectivity index is 2.03. The van der Waals surface area contributed by atoms with Gasteiger partial charge in [0.2, 0.25) is 10.0 Å². The van der Waals surface area contributed by atoms with Crippen LogP contribution in [0.25, 0.3) is 0 Å². The van der Waals surface area contributed by atoms with E-state index >= 15 is 0 Å². The van der Waals surface area contributed by atoms with E-state index in [0.29, 0.717) is 24.1 Å². The van der Waals surface area contributed by atoms with Gasteiger partial charge in [0, 0.05) is 12.2 Å². The maximum absolute atomic E-state index is 12.1. The SMILES string of the molecule is CC1CCCC1CNS(=O)(=O)c1cccc(N)c1. The number of nitrogens with two attached hydrogens (primary N) is 1. The number of nitrogen functional groups attached to an aromatic ring is 1. The first-order valence-corrected chi connectivity index (χ1v) is 7.82. The number of anilines is 1. The molecule has 2 rings (SSSR count). The molecule has 4 nitrogen and oxygen atoms in total.